The van der Waals surface area contributed by atoms with E-state index in [9.17, 15) is 4.79 Å². The van der Waals surface area contributed by atoms with E-state index in [1.54, 1.807) is 0 Å². The maximum atomic E-state index is 11.4. The summed E-state index contributed by atoms with van der Waals surface area (Å²) in [6.45, 7) is 0. The van der Waals surface area contributed by atoms with Crippen molar-refractivity contribution in [2.75, 3.05) is 11.2 Å². The number of alkyl halides is 4. The average Bonchev–Trinajstić information content (AvgIpc) is 2.79. The van der Waals surface area contributed by atoms with Crippen LogP contribution >= 0.6 is 57.7 Å². The van der Waals surface area contributed by atoms with Crippen LogP contribution in [-0.4, -0.2) is 26.7 Å². The minimum absolute atomic E-state index is 0.223. The van der Waals surface area contributed by atoms with Crippen LogP contribution in [0.15, 0.2) is 24.3 Å². The molecule has 0 spiro atoms. The van der Waals surface area contributed by atoms with Gasteiger partial charge in [0.2, 0.25) is 9.70 Å². The van der Waals surface area contributed by atoms with Crippen molar-refractivity contribution in [3.8, 4) is 0 Å². The number of para-hydroxylation sites is 1. The first kappa shape index (κ1) is 15.9. The zero-order chi connectivity index (χ0) is 14.8. The Morgan fingerprint density at radius 1 is 1.35 bits per heavy atom. The molecule has 0 aliphatic heterocycles. The van der Waals surface area contributed by atoms with Gasteiger partial charge in [-0.1, -0.05) is 58.3 Å². The molecule has 9 heteroatoms. The van der Waals surface area contributed by atoms with E-state index in [2.05, 4.69) is 15.6 Å². The van der Waals surface area contributed by atoms with Gasteiger partial charge >= 0.3 is 0 Å². The van der Waals surface area contributed by atoms with Crippen molar-refractivity contribution in [2.24, 2.45) is 0 Å². The van der Waals surface area contributed by atoms with Gasteiger partial charge in [-0.3, -0.25) is 4.79 Å². The number of nitrogens with zero attached hydrogens (tertiary/aromatic N) is 1. The van der Waals surface area contributed by atoms with Gasteiger partial charge in [-0.05, 0) is 12.1 Å². The van der Waals surface area contributed by atoms with Gasteiger partial charge in [0.25, 0.3) is 0 Å². The second-order valence-corrected chi connectivity index (χ2v) is 7.47. The van der Waals surface area contributed by atoms with Gasteiger partial charge in [0.15, 0.2) is 5.13 Å². The van der Waals surface area contributed by atoms with Crippen LogP contribution in [-0.2, 0) is 4.79 Å². The number of aromatic nitrogens is 1. The summed E-state index contributed by atoms with van der Waals surface area (Å²) in [5.41, 5.74) is 0.826. The summed E-state index contributed by atoms with van der Waals surface area (Å²) < 4.78 is -0.749. The summed E-state index contributed by atoms with van der Waals surface area (Å²) in [6, 6.07) is 7.60. The van der Waals surface area contributed by atoms with Crippen LogP contribution in [0.3, 0.4) is 0 Å². The predicted molar refractivity (Wildman–Crippen MR) is 86.2 cm³/mol. The Balaban J connectivity index is 2.20. The number of carbonyl (C=O) groups is 1. The van der Waals surface area contributed by atoms with Crippen molar-refractivity contribution >= 4 is 79.0 Å². The number of rotatable bonds is 4. The van der Waals surface area contributed by atoms with Crippen LogP contribution in [0.5, 0.6) is 0 Å². The Bertz CT molecular complexity index is 580. The van der Waals surface area contributed by atoms with Crippen molar-refractivity contribution in [3.63, 3.8) is 0 Å². The minimum atomic E-state index is -1.74. The molecule has 4 nitrogen and oxygen atoms in total. The SMILES string of the molecule is O=C(CCl)NC(Nc1nc2ccccc2s1)C(Cl)(Cl)Cl. The van der Waals surface area contributed by atoms with Gasteiger partial charge in [-0.2, -0.15) is 0 Å². The monoisotopic (exact) mass is 371 g/mol. The molecule has 1 atom stereocenters. The van der Waals surface area contributed by atoms with Gasteiger partial charge in [0.05, 0.1) is 10.2 Å². The molecule has 1 heterocycles. The summed E-state index contributed by atoms with van der Waals surface area (Å²) in [7, 11) is 0. The standard InChI is InChI=1S/C11H9Cl4N3OS/c12-5-8(19)17-9(11(13,14)15)18-10-16-6-3-1-2-4-7(6)20-10/h1-4,9H,5H2,(H,16,18)(H,17,19). The van der Waals surface area contributed by atoms with Gasteiger partial charge in [0.1, 0.15) is 12.0 Å². The number of benzene rings is 1. The first-order valence-electron chi connectivity index (χ1n) is 5.44. The molecule has 0 aliphatic rings. The Morgan fingerprint density at radius 3 is 2.65 bits per heavy atom. The molecular weight excluding hydrogens is 364 g/mol. The Morgan fingerprint density at radius 2 is 2.05 bits per heavy atom. The number of hydrogen-bond acceptors (Lipinski definition) is 4. The molecular formula is C11H9Cl4N3OS. The van der Waals surface area contributed by atoms with E-state index in [1.807, 2.05) is 24.3 Å². The van der Waals surface area contributed by atoms with Crippen molar-refractivity contribution in [2.45, 2.75) is 9.96 Å². The van der Waals surface area contributed by atoms with E-state index in [4.69, 9.17) is 46.4 Å². The van der Waals surface area contributed by atoms with Gasteiger partial charge in [-0.25, -0.2) is 4.98 Å². The average molecular weight is 373 g/mol. The molecule has 2 rings (SSSR count). The summed E-state index contributed by atoms with van der Waals surface area (Å²) in [6.07, 6.45) is -0.931. The number of fused-ring (bicyclic) bond motifs is 1. The highest BCUT2D eigenvalue weighted by atomic mass is 35.6. The molecule has 20 heavy (non-hydrogen) atoms. The van der Waals surface area contributed by atoms with E-state index in [0.29, 0.717) is 5.13 Å². The summed E-state index contributed by atoms with van der Waals surface area (Å²) in [4.78, 5) is 15.7. The molecule has 1 aromatic heterocycles. The molecule has 0 radical (unpaired) electrons. The third-order valence-corrected chi connectivity index (χ3v) is 4.18. The minimum Gasteiger partial charge on any atom is -0.338 e. The van der Waals surface area contributed by atoms with Crippen molar-refractivity contribution in [1.82, 2.24) is 10.3 Å². The zero-order valence-corrected chi connectivity index (χ0v) is 13.7. The predicted octanol–water partition coefficient (Wildman–Crippen LogP) is 3.76. The molecule has 2 aromatic rings. The van der Waals surface area contributed by atoms with Crippen molar-refractivity contribution < 1.29 is 4.79 Å². The van der Waals surface area contributed by atoms with E-state index < -0.39 is 15.9 Å². The van der Waals surface area contributed by atoms with Gasteiger partial charge < -0.3 is 10.6 Å². The molecule has 0 fully saturated rings. The van der Waals surface area contributed by atoms with E-state index in [1.165, 1.54) is 11.3 Å². The molecule has 108 valence electrons. The summed E-state index contributed by atoms with van der Waals surface area (Å²) >= 11 is 24.3. The van der Waals surface area contributed by atoms with Gasteiger partial charge in [-0.15, -0.1) is 11.6 Å². The molecule has 0 bridgehead atoms. The lowest BCUT2D eigenvalue weighted by Gasteiger charge is -2.25. The lowest BCUT2D eigenvalue weighted by atomic mass is 10.3. The molecule has 1 amide bonds. The molecule has 1 aromatic carbocycles. The third-order valence-electron chi connectivity index (χ3n) is 2.32. The number of halogens is 4. The Hall–Kier alpha value is -0.460. The summed E-state index contributed by atoms with van der Waals surface area (Å²) in [5.74, 6) is -0.671. The number of amides is 1. The first-order valence-corrected chi connectivity index (χ1v) is 7.93. The molecule has 0 aliphatic carbocycles. The van der Waals surface area contributed by atoms with E-state index in [-0.39, 0.29) is 5.88 Å². The first-order chi connectivity index (χ1) is 9.40. The fourth-order valence-corrected chi connectivity index (χ4v) is 2.76. The van der Waals surface area contributed by atoms with Crippen LogP contribution < -0.4 is 10.6 Å². The fourth-order valence-electron chi connectivity index (χ4n) is 1.46. The van der Waals surface area contributed by atoms with E-state index in [0.717, 1.165) is 10.2 Å². The summed E-state index contributed by atoms with van der Waals surface area (Å²) in [5, 5.41) is 5.92. The quantitative estimate of drug-likeness (QED) is 0.634. The second-order valence-electron chi connectivity index (χ2n) is 3.81. The number of nitrogens with one attached hydrogen (secondary N) is 2. The largest absolute Gasteiger partial charge is 0.338 e. The number of hydrogen-bond donors (Lipinski definition) is 2. The molecule has 2 N–H and O–H groups in total. The van der Waals surface area contributed by atoms with Crippen molar-refractivity contribution in [1.29, 1.82) is 0 Å². The van der Waals surface area contributed by atoms with Crippen molar-refractivity contribution in [3.05, 3.63) is 24.3 Å². The molecule has 0 saturated carbocycles. The zero-order valence-electron chi connectivity index (χ0n) is 9.87. The Labute approximate surface area is 139 Å². The molecule has 0 saturated heterocycles. The Kier molecular flexibility index (Phi) is 5.20. The lowest BCUT2D eigenvalue weighted by molar-refractivity contribution is -0.119. The number of anilines is 1. The maximum absolute atomic E-state index is 11.4. The maximum Gasteiger partial charge on any atom is 0.236 e. The fraction of sp³-hybridized carbons (Fsp3) is 0.273. The highest BCUT2D eigenvalue weighted by molar-refractivity contribution is 7.22. The highest BCUT2D eigenvalue weighted by Crippen LogP contribution is 2.33. The van der Waals surface area contributed by atoms with Gasteiger partial charge in [0, 0.05) is 0 Å². The van der Waals surface area contributed by atoms with Crippen LogP contribution in [0.4, 0.5) is 5.13 Å². The topological polar surface area (TPSA) is 54.0 Å². The van der Waals surface area contributed by atoms with E-state index >= 15 is 0 Å². The number of thiazole rings is 1. The van der Waals surface area contributed by atoms with Crippen LogP contribution in [0.1, 0.15) is 0 Å². The number of carbonyl (C=O) groups excluding carboxylic acids is 1. The van der Waals surface area contributed by atoms with Crippen LogP contribution in [0.2, 0.25) is 0 Å². The third kappa shape index (κ3) is 4.02. The second kappa shape index (κ2) is 6.54. The van der Waals surface area contributed by atoms with Crippen LogP contribution in [0.25, 0.3) is 10.2 Å². The molecule has 1 unspecified atom stereocenters. The normalized spacial score (nSPS) is 13.2. The smallest absolute Gasteiger partial charge is 0.236 e. The lowest BCUT2D eigenvalue weighted by Crippen LogP contribution is -2.49. The van der Waals surface area contributed by atoms with Crippen LogP contribution in [0, 0.1) is 0 Å². The highest BCUT2D eigenvalue weighted by Gasteiger charge is 2.34.